The number of benzene rings is 1. The van der Waals surface area contributed by atoms with E-state index in [0.717, 1.165) is 60.6 Å². The molecule has 8 rings (SSSR count). The first kappa shape index (κ1) is 50.4. The standard InChI is InChI=1S/C36H49N5O7S.C8H13NO2.2C2H6.3H2/c1-22-9-7-8-10-25-20-36(25,34(44)39-49(45,46)35(3)13-14-35)38-32(43)29-19-27(21-41(29)31(42)16-23(2)15-22)48-33-28-12-11-26(47-6)17-24(28)18-30(37-33)40(4)5;1-4-6-2-5(3-7(4)6)11-8(9)10;2*1-2;;;/h8,10-12,17-18,22-23,25,27,29H,7,9,13-16,19-21H2,1-6H3,(H,38,43)(H,39,44);4-7H,2-3H2,1H3,(H2,9,10);2*1-2H3;3*1H/b10-8-;;;;;;/t22-,23+,25+,27+,29-,36+;;;;;;/m0....../s1. The van der Waals surface area contributed by atoms with Gasteiger partial charge in [-0.1, -0.05) is 60.6 Å². The van der Waals surface area contributed by atoms with E-state index in [1.165, 1.54) is 0 Å². The lowest BCUT2D eigenvalue weighted by Crippen LogP contribution is -2.57. The molecular formula is C48H80N6O9S. The number of carbonyl (C=O) groups is 4. The molecule has 6 aliphatic rings. The van der Waals surface area contributed by atoms with Crippen molar-refractivity contribution >= 4 is 50.4 Å². The van der Waals surface area contributed by atoms with Gasteiger partial charge in [0, 0.05) is 42.5 Å². The number of anilines is 1. The number of ether oxygens (including phenoxy) is 3. The molecular weight excluding hydrogens is 837 g/mol. The number of nitrogens with one attached hydrogen (secondary N) is 2. The number of amides is 4. The van der Waals surface area contributed by atoms with Gasteiger partial charge in [0.05, 0.1) is 18.4 Å². The second kappa shape index (κ2) is 20.7. The average molecular weight is 917 g/mol. The lowest BCUT2D eigenvalue weighted by atomic mass is 9.91. The Hall–Kier alpha value is -4.60. The zero-order valence-electron chi connectivity index (χ0n) is 39.9. The number of aromatic nitrogens is 1. The summed E-state index contributed by atoms with van der Waals surface area (Å²) < 4.78 is 44.3. The summed E-state index contributed by atoms with van der Waals surface area (Å²) in [5.74, 6) is 2.99. The third-order valence-electron chi connectivity index (χ3n) is 13.8. The fraction of sp³-hybridized carbons (Fsp3) is 0.688. The Morgan fingerprint density at radius 1 is 0.984 bits per heavy atom. The van der Waals surface area contributed by atoms with Crippen LogP contribution in [0.4, 0.5) is 10.6 Å². The van der Waals surface area contributed by atoms with E-state index in [4.69, 9.17) is 24.9 Å². The summed E-state index contributed by atoms with van der Waals surface area (Å²) in [7, 11) is 1.46. The SMILES string of the molecule is CC.CC.CC1C2CC(OC(N)=O)CC12.COc1ccc2c(O[C@@H]3C[C@H]4C(=O)N[C@]5(C(=O)NS(=O)(=O)C6(C)CC6)C[C@H]5/C=C\CC[C@H](C)C[C@@H](C)CC(=O)N4C3)nc(N(C)C)cc2c1.[HH].[HH].[HH]. The number of allylic oxidation sites excluding steroid dienone is 1. The molecule has 0 bridgehead atoms. The largest absolute Gasteiger partial charge is 0.497 e. The minimum absolute atomic E-state index is 0. The van der Waals surface area contributed by atoms with E-state index in [0.29, 0.717) is 36.2 Å². The van der Waals surface area contributed by atoms with Crippen molar-refractivity contribution in [3.05, 3.63) is 36.4 Å². The molecule has 3 heterocycles. The fourth-order valence-corrected chi connectivity index (χ4v) is 10.9. The van der Waals surface area contributed by atoms with Gasteiger partial charge < -0.3 is 35.1 Å². The quantitative estimate of drug-likeness (QED) is 0.218. The summed E-state index contributed by atoms with van der Waals surface area (Å²) in [6.45, 7) is 16.3. The molecule has 1 saturated heterocycles. The van der Waals surface area contributed by atoms with Crippen molar-refractivity contribution in [2.75, 3.05) is 32.6 Å². The molecule has 1 aromatic carbocycles. The molecule has 1 aromatic heterocycles. The van der Waals surface area contributed by atoms with Crippen molar-refractivity contribution in [3.8, 4) is 11.6 Å². The summed E-state index contributed by atoms with van der Waals surface area (Å²) >= 11 is 0. The lowest BCUT2D eigenvalue weighted by molar-refractivity contribution is -0.140. The second-order valence-corrected chi connectivity index (χ2v) is 21.0. The van der Waals surface area contributed by atoms with Crippen molar-refractivity contribution in [2.45, 2.75) is 148 Å². The summed E-state index contributed by atoms with van der Waals surface area (Å²) in [5, 5.41) is 4.58. The number of pyridine rings is 1. The Morgan fingerprint density at radius 3 is 2.27 bits per heavy atom. The molecule has 16 heteroatoms. The highest BCUT2D eigenvalue weighted by atomic mass is 32.2. The van der Waals surface area contributed by atoms with Crippen LogP contribution < -0.4 is 30.1 Å². The van der Waals surface area contributed by atoms with Gasteiger partial charge >= 0.3 is 6.09 Å². The topological polar surface area (TPSA) is 200 Å². The first-order chi connectivity index (χ1) is 30.3. The molecule has 2 unspecified atom stereocenters. The smallest absolute Gasteiger partial charge is 0.404 e. The number of primary amides is 1. The Labute approximate surface area is 385 Å². The number of hydrogen-bond acceptors (Lipinski definition) is 11. The number of nitrogens with two attached hydrogens (primary N) is 1. The molecule has 4 N–H and O–H groups in total. The van der Waals surface area contributed by atoms with Crippen molar-refractivity contribution < 1.29 is 46.1 Å². The second-order valence-electron chi connectivity index (χ2n) is 18.8. The zero-order chi connectivity index (χ0) is 47.3. The molecule has 0 radical (unpaired) electrons. The highest BCUT2D eigenvalue weighted by molar-refractivity contribution is 7.91. The fourth-order valence-electron chi connectivity index (χ4n) is 9.59. The molecule has 15 nitrogen and oxygen atoms in total. The van der Waals surface area contributed by atoms with E-state index in [-0.39, 0.29) is 53.9 Å². The van der Waals surface area contributed by atoms with Crippen molar-refractivity contribution in [1.29, 1.82) is 0 Å². The van der Waals surface area contributed by atoms with Crippen molar-refractivity contribution in [2.24, 2.45) is 41.2 Å². The minimum atomic E-state index is -3.92. The number of rotatable bonds is 8. The summed E-state index contributed by atoms with van der Waals surface area (Å²) in [6.07, 6.45) is 9.23. The summed E-state index contributed by atoms with van der Waals surface area (Å²) in [4.78, 5) is 60.4. The maximum Gasteiger partial charge on any atom is 0.404 e. The molecule has 4 saturated carbocycles. The van der Waals surface area contributed by atoms with E-state index < -0.39 is 50.4 Å². The summed E-state index contributed by atoms with van der Waals surface area (Å²) in [5.41, 5.74) is 3.48. The monoisotopic (exact) mass is 917 g/mol. The van der Waals surface area contributed by atoms with Crippen LogP contribution in [0.1, 0.15) is 124 Å². The highest BCUT2D eigenvalue weighted by Gasteiger charge is 2.63. The van der Waals surface area contributed by atoms with Gasteiger partial charge in [0.25, 0.3) is 5.91 Å². The van der Waals surface area contributed by atoms with Gasteiger partial charge in [-0.25, -0.2) is 13.2 Å². The van der Waals surface area contributed by atoms with Gasteiger partial charge in [-0.15, -0.1) is 0 Å². The average Bonchev–Trinajstić information content (AvgIpc) is 4.18. The van der Waals surface area contributed by atoms with E-state index in [9.17, 15) is 27.6 Å². The van der Waals surface area contributed by atoms with Crippen LogP contribution in [0.3, 0.4) is 0 Å². The molecule has 4 aliphatic carbocycles. The van der Waals surface area contributed by atoms with Crippen LogP contribution in [0.25, 0.3) is 10.8 Å². The number of methoxy groups -OCH3 is 1. The van der Waals surface area contributed by atoms with Crippen LogP contribution in [0.2, 0.25) is 0 Å². The highest BCUT2D eigenvalue weighted by Crippen LogP contribution is 2.57. The Kier molecular flexibility index (Phi) is 16.3. The first-order valence-electron chi connectivity index (χ1n) is 23.5. The van der Waals surface area contributed by atoms with Crippen LogP contribution in [0.5, 0.6) is 11.6 Å². The number of carbonyl (C=O) groups excluding carboxylic acids is 4. The number of nitrogens with zero attached hydrogens (tertiary/aromatic N) is 3. The predicted molar refractivity (Wildman–Crippen MR) is 256 cm³/mol. The van der Waals surface area contributed by atoms with Gasteiger partial charge in [0.2, 0.25) is 27.7 Å². The van der Waals surface area contributed by atoms with Gasteiger partial charge in [-0.3, -0.25) is 19.1 Å². The number of fused-ring (bicyclic) bond motifs is 4. The number of hydrogen-bond donors (Lipinski definition) is 3. The lowest BCUT2D eigenvalue weighted by Gasteiger charge is -2.28. The van der Waals surface area contributed by atoms with Crippen LogP contribution in [0.15, 0.2) is 36.4 Å². The maximum atomic E-state index is 14.2. The molecule has 2 aliphatic heterocycles. The van der Waals surface area contributed by atoms with Crippen LogP contribution in [-0.4, -0.2) is 98.4 Å². The van der Waals surface area contributed by atoms with Gasteiger partial charge in [0.15, 0.2) is 0 Å². The van der Waals surface area contributed by atoms with Crippen LogP contribution in [-0.2, 0) is 29.1 Å². The zero-order valence-corrected chi connectivity index (χ0v) is 40.8. The normalized spacial score (nSPS) is 31.6. The molecule has 8 atom stereocenters. The van der Waals surface area contributed by atoms with Crippen LogP contribution in [0, 0.1) is 35.5 Å². The third kappa shape index (κ3) is 11.4. The first-order valence-corrected chi connectivity index (χ1v) is 24.9. The molecule has 0 spiro atoms. The Bertz CT molecular complexity index is 2150. The molecule has 4 amide bonds. The maximum absolute atomic E-state index is 14.2. The third-order valence-corrected chi connectivity index (χ3v) is 16.0. The predicted octanol–water partition coefficient (Wildman–Crippen LogP) is 7.85. The van der Waals surface area contributed by atoms with E-state index in [1.807, 2.05) is 83.1 Å². The van der Waals surface area contributed by atoms with Crippen molar-refractivity contribution in [3.63, 3.8) is 0 Å². The Balaban J connectivity index is 0.000000736. The van der Waals surface area contributed by atoms with Gasteiger partial charge in [0.1, 0.15) is 35.4 Å². The molecule has 362 valence electrons. The number of sulfonamides is 1. The molecule has 5 fully saturated rings. The molecule has 64 heavy (non-hydrogen) atoms. The van der Waals surface area contributed by atoms with E-state index >= 15 is 0 Å². The van der Waals surface area contributed by atoms with Gasteiger partial charge in [-0.2, -0.15) is 4.98 Å². The minimum Gasteiger partial charge on any atom is -0.497 e. The van der Waals surface area contributed by atoms with E-state index in [2.05, 4.69) is 30.8 Å². The van der Waals surface area contributed by atoms with Crippen LogP contribution >= 0.6 is 0 Å². The summed E-state index contributed by atoms with van der Waals surface area (Å²) in [6, 6.07) is 6.65. The van der Waals surface area contributed by atoms with Gasteiger partial charge in [-0.05, 0) is 118 Å². The molecule has 2 aromatic rings. The van der Waals surface area contributed by atoms with E-state index in [1.54, 1.807) is 18.9 Å². The Morgan fingerprint density at radius 2 is 1.66 bits per heavy atom. The van der Waals surface area contributed by atoms with Crippen molar-refractivity contribution in [1.82, 2.24) is 19.9 Å².